The Kier molecular flexibility index (Phi) is 20.6. The first kappa shape index (κ1) is 27.4. The Hall–Kier alpha value is -0.610. The van der Waals surface area contributed by atoms with Crippen molar-refractivity contribution in [3.05, 3.63) is 0 Å². The van der Waals surface area contributed by atoms with Gasteiger partial charge in [-0.1, -0.05) is 91.4 Å². The number of nitrogens with one attached hydrogen (secondary N) is 1. The molecule has 0 aromatic rings. The molecule has 0 aliphatic carbocycles. The number of amides is 1. The fraction of sp³-hybridized carbons (Fsp3) is 0.958. The van der Waals surface area contributed by atoms with Gasteiger partial charge in [-0.3, -0.25) is 4.79 Å². The van der Waals surface area contributed by atoms with Crippen LogP contribution in [-0.4, -0.2) is 48.2 Å². The number of aliphatic hydroxyl groups is 1. The van der Waals surface area contributed by atoms with Crippen molar-refractivity contribution >= 4 is 5.91 Å². The molecule has 0 aliphatic heterocycles. The number of carbonyl (C=O) groups excluding carboxylic acids is 1. The van der Waals surface area contributed by atoms with Crippen LogP contribution in [-0.2, 0) is 4.79 Å². The van der Waals surface area contributed by atoms with Gasteiger partial charge in [0.25, 0.3) is 0 Å². The van der Waals surface area contributed by atoms with Crippen molar-refractivity contribution in [1.29, 1.82) is 0 Å². The minimum atomic E-state index is -0.0741. The molecule has 0 bridgehead atoms. The van der Waals surface area contributed by atoms with Crippen molar-refractivity contribution in [2.24, 2.45) is 0 Å². The fourth-order valence-corrected chi connectivity index (χ4v) is 3.66. The summed E-state index contributed by atoms with van der Waals surface area (Å²) in [4.78, 5) is 14.1. The third kappa shape index (κ3) is 18.7. The molecule has 0 fully saturated rings. The second kappa shape index (κ2) is 21.1. The van der Waals surface area contributed by atoms with Crippen LogP contribution in [0.3, 0.4) is 0 Å². The molecule has 168 valence electrons. The van der Waals surface area contributed by atoms with Crippen LogP contribution in [0.5, 0.6) is 0 Å². The van der Waals surface area contributed by atoms with E-state index < -0.39 is 0 Å². The maximum absolute atomic E-state index is 11.8. The van der Waals surface area contributed by atoms with E-state index in [-0.39, 0.29) is 12.0 Å². The molecule has 1 atom stereocenters. The van der Waals surface area contributed by atoms with Crippen molar-refractivity contribution in [3.8, 4) is 0 Å². The molecule has 4 nitrogen and oxygen atoms in total. The Morgan fingerprint density at radius 1 is 0.786 bits per heavy atom. The van der Waals surface area contributed by atoms with Crippen molar-refractivity contribution < 1.29 is 9.90 Å². The van der Waals surface area contributed by atoms with Crippen LogP contribution < -0.4 is 5.32 Å². The van der Waals surface area contributed by atoms with Gasteiger partial charge in [-0.15, -0.1) is 0 Å². The molecule has 0 aromatic heterocycles. The molecule has 0 saturated heterocycles. The molecule has 1 amide bonds. The number of rotatable bonds is 21. The van der Waals surface area contributed by atoms with Crippen LogP contribution in [0.1, 0.15) is 117 Å². The highest BCUT2D eigenvalue weighted by atomic mass is 16.3. The van der Waals surface area contributed by atoms with Gasteiger partial charge in [0.2, 0.25) is 5.91 Å². The Morgan fingerprint density at radius 2 is 1.29 bits per heavy atom. The zero-order valence-electron chi connectivity index (χ0n) is 19.3. The second-order valence-electron chi connectivity index (χ2n) is 8.25. The first-order chi connectivity index (χ1) is 13.6. The second-order valence-corrected chi connectivity index (χ2v) is 8.25. The summed E-state index contributed by atoms with van der Waals surface area (Å²) in [6.07, 6.45) is 17.3. The van der Waals surface area contributed by atoms with Gasteiger partial charge < -0.3 is 15.3 Å². The zero-order valence-corrected chi connectivity index (χ0v) is 19.3. The summed E-state index contributed by atoms with van der Waals surface area (Å²) in [6.45, 7) is 10.4. The van der Waals surface area contributed by atoms with Crippen LogP contribution in [0.4, 0.5) is 0 Å². The Balaban J connectivity index is 3.29. The van der Waals surface area contributed by atoms with E-state index in [1.165, 1.54) is 70.6 Å². The van der Waals surface area contributed by atoms with E-state index in [1.807, 2.05) is 0 Å². The lowest BCUT2D eigenvalue weighted by molar-refractivity contribution is -0.121. The van der Waals surface area contributed by atoms with E-state index in [9.17, 15) is 9.90 Å². The lowest BCUT2D eigenvalue weighted by atomic mass is 10.0. The molecular formula is C24H50N2O2. The SMILES string of the molecule is CCCCCCC(O)CCCCCCCCCCC(=O)NCCN(CC)CC. The van der Waals surface area contributed by atoms with Gasteiger partial charge in [0.05, 0.1) is 6.10 Å². The molecule has 0 spiro atoms. The van der Waals surface area contributed by atoms with Crippen molar-refractivity contribution in [2.75, 3.05) is 26.2 Å². The fourth-order valence-electron chi connectivity index (χ4n) is 3.66. The maximum atomic E-state index is 11.8. The first-order valence-corrected chi connectivity index (χ1v) is 12.3. The number of nitrogens with zero attached hydrogens (tertiary/aromatic N) is 1. The smallest absolute Gasteiger partial charge is 0.220 e. The van der Waals surface area contributed by atoms with Crippen molar-refractivity contribution in [1.82, 2.24) is 10.2 Å². The molecule has 1 unspecified atom stereocenters. The number of carbonyl (C=O) groups is 1. The molecule has 0 heterocycles. The standard InChI is InChI=1S/C24H50N2O2/c1-4-7-8-15-18-23(27)19-16-13-11-9-10-12-14-17-20-24(28)25-21-22-26(5-2)6-3/h23,27H,4-22H2,1-3H3,(H,25,28). The van der Waals surface area contributed by atoms with Gasteiger partial charge in [0.1, 0.15) is 0 Å². The molecular weight excluding hydrogens is 348 g/mol. The van der Waals surface area contributed by atoms with Gasteiger partial charge in [-0.25, -0.2) is 0 Å². The normalized spacial score (nSPS) is 12.5. The van der Waals surface area contributed by atoms with Crippen molar-refractivity contribution in [3.63, 3.8) is 0 Å². The first-order valence-electron chi connectivity index (χ1n) is 12.3. The minimum absolute atomic E-state index is 0.0741. The highest BCUT2D eigenvalue weighted by Gasteiger charge is 2.04. The molecule has 2 N–H and O–H groups in total. The van der Waals surface area contributed by atoms with Gasteiger partial charge in [0.15, 0.2) is 0 Å². The monoisotopic (exact) mass is 398 g/mol. The van der Waals surface area contributed by atoms with Crippen LogP contribution >= 0.6 is 0 Å². The Bertz CT molecular complexity index is 333. The molecule has 0 saturated carbocycles. The summed E-state index contributed by atoms with van der Waals surface area (Å²) in [6, 6.07) is 0. The summed E-state index contributed by atoms with van der Waals surface area (Å²) in [5.41, 5.74) is 0. The van der Waals surface area contributed by atoms with Crippen molar-refractivity contribution in [2.45, 2.75) is 123 Å². The summed E-state index contributed by atoms with van der Waals surface area (Å²) in [5.74, 6) is 0.209. The molecule has 0 rings (SSSR count). The lowest BCUT2D eigenvalue weighted by Crippen LogP contribution is -2.34. The molecule has 28 heavy (non-hydrogen) atoms. The third-order valence-corrected chi connectivity index (χ3v) is 5.73. The highest BCUT2D eigenvalue weighted by Crippen LogP contribution is 2.14. The van der Waals surface area contributed by atoms with E-state index in [0.717, 1.165) is 45.4 Å². The average molecular weight is 399 g/mol. The van der Waals surface area contributed by atoms with Gasteiger partial charge in [-0.2, -0.15) is 0 Å². The van der Waals surface area contributed by atoms with Gasteiger partial charge >= 0.3 is 0 Å². The summed E-state index contributed by atoms with van der Waals surface area (Å²) in [5, 5.41) is 13.0. The minimum Gasteiger partial charge on any atom is -0.393 e. The molecule has 0 aliphatic rings. The van der Waals surface area contributed by atoms with E-state index in [4.69, 9.17) is 0 Å². The van der Waals surface area contributed by atoms with E-state index in [2.05, 4.69) is 31.0 Å². The number of unbranched alkanes of at least 4 members (excludes halogenated alkanes) is 10. The highest BCUT2D eigenvalue weighted by molar-refractivity contribution is 5.75. The van der Waals surface area contributed by atoms with Crippen LogP contribution in [0.2, 0.25) is 0 Å². The average Bonchev–Trinajstić information content (AvgIpc) is 2.70. The quantitative estimate of drug-likeness (QED) is 0.245. The molecule has 4 heteroatoms. The largest absolute Gasteiger partial charge is 0.393 e. The maximum Gasteiger partial charge on any atom is 0.220 e. The van der Waals surface area contributed by atoms with Crippen LogP contribution in [0.15, 0.2) is 0 Å². The topological polar surface area (TPSA) is 52.6 Å². The lowest BCUT2D eigenvalue weighted by Gasteiger charge is -2.17. The summed E-state index contributed by atoms with van der Waals surface area (Å²) >= 11 is 0. The number of hydrogen-bond acceptors (Lipinski definition) is 3. The number of aliphatic hydroxyl groups excluding tert-OH is 1. The predicted molar refractivity (Wildman–Crippen MR) is 122 cm³/mol. The molecule has 0 aromatic carbocycles. The number of hydrogen-bond donors (Lipinski definition) is 2. The van der Waals surface area contributed by atoms with Crippen LogP contribution in [0.25, 0.3) is 0 Å². The summed E-state index contributed by atoms with van der Waals surface area (Å²) in [7, 11) is 0. The van der Waals surface area contributed by atoms with Gasteiger partial charge in [-0.05, 0) is 32.4 Å². The zero-order chi connectivity index (χ0) is 20.9. The molecule has 0 radical (unpaired) electrons. The van der Waals surface area contributed by atoms with E-state index >= 15 is 0 Å². The third-order valence-electron chi connectivity index (χ3n) is 5.73. The van der Waals surface area contributed by atoms with E-state index in [0.29, 0.717) is 6.42 Å². The summed E-state index contributed by atoms with van der Waals surface area (Å²) < 4.78 is 0. The van der Waals surface area contributed by atoms with Gasteiger partial charge in [0, 0.05) is 19.5 Å². The predicted octanol–water partition coefficient (Wildman–Crippen LogP) is 5.68. The van der Waals surface area contributed by atoms with Crippen LogP contribution in [0, 0.1) is 0 Å². The Labute approximate surface area is 175 Å². The number of likely N-dealkylation sites (N-methyl/N-ethyl adjacent to an activating group) is 1. The van der Waals surface area contributed by atoms with E-state index in [1.54, 1.807) is 0 Å². The Morgan fingerprint density at radius 3 is 1.82 bits per heavy atom.